The van der Waals surface area contributed by atoms with Gasteiger partial charge in [0, 0.05) is 33.5 Å². The normalized spacial score (nSPS) is 11.3. The molecule has 0 aliphatic carbocycles. The topological polar surface area (TPSA) is 156 Å². The second-order valence-corrected chi connectivity index (χ2v) is 7.12. The van der Waals surface area contributed by atoms with Gasteiger partial charge in [-0.2, -0.15) is 0 Å². The van der Waals surface area contributed by atoms with Crippen LogP contribution >= 0.6 is 15.9 Å². The number of carbonyl (C=O) groups is 3. The summed E-state index contributed by atoms with van der Waals surface area (Å²) in [6, 6.07) is 9.00. The van der Waals surface area contributed by atoms with Crippen LogP contribution in [0, 0.1) is 20.2 Å². The fraction of sp³-hybridized carbons (Fsp3) is 0.211. The van der Waals surface area contributed by atoms with E-state index in [0.717, 1.165) is 19.2 Å². The van der Waals surface area contributed by atoms with Gasteiger partial charge in [0.05, 0.1) is 23.5 Å². The minimum atomic E-state index is -1.15. The van der Waals surface area contributed by atoms with E-state index in [2.05, 4.69) is 20.7 Å². The van der Waals surface area contributed by atoms with E-state index < -0.39 is 46.5 Å². The SMILES string of the molecule is COC(=O)C(=O)C[C@H](C[N+](=O)[O-])c1cc(Br)ccc1OC(=O)c1ccc([N+](=O)[O-])cc1. The van der Waals surface area contributed by atoms with E-state index in [1.165, 1.54) is 30.3 Å². The zero-order valence-electron chi connectivity index (χ0n) is 16.0. The Morgan fingerprint density at radius 2 is 1.71 bits per heavy atom. The Bertz CT molecular complexity index is 1040. The highest BCUT2D eigenvalue weighted by molar-refractivity contribution is 9.10. The van der Waals surface area contributed by atoms with Gasteiger partial charge in [-0.15, -0.1) is 0 Å². The number of hydrogen-bond acceptors (Lipinski definition) is 9. The molecule has 0 bridgehead atoms. The lowest BCUT2D eigenvalue weighted by Gasteiger charge is -2.17. The molecule has 0 radical (unpaired) electrons. The molecule has 162 valence electrons. The predicted molar refractivity (Wildman–Crippen MR) is 108 cm³/mol. The molecule has 0 spiro atoms. The smallest absolute Gasteiger partial charge is 0.374 e. The van der Waals surface area contributed by atoms with Gasteiger partial charge in [-0.05, 0) is 30.3 Å². The first-order chi connectivity index (χ1) is 14.6. The quantitative estimate of drug-likeness (QED) is 0.168. The van der Waals surface area contributed by atoms with Crippen LogP contribution in [0.25, 0.3) is 0 Å². The number of rotatable bonds is 9. The van der Waals surface area contributed by atoms with Gasteiger partial charge in [-0.25, -0.2) is 9.59 Å². The first-order valence-electron chi connectivity index (χ1n) is 8.61. The van der Waals surface area contributed by atoms with E-state index in [0.29, 0.717) is 4.47 Å². The van der Waals surface area contributed by atoms with Gasteiger partial charge >= 0.3 is 11.9 Å². The molecule has 12 heteroatoms. The number of hydrogen-bond donors (Lipinski definition) is 0. The third kappa shape index (κ3) is 6.40. The van der Waals surface area contributed by atoms with Crippen molar-refractivity contribution in [2.75, 3.05) is 13.7 Å². The van der Waals surface area contributed by atoms with Gasteiger partial charge in [0.15, 0.2) is 0 Å². The van der Waals surface area contributed by atoms with Crippen LogP contribution < -0.4 is 4.74 Å². The number of ketones is 1. The Hall–Kier alpha value is -3.67. The fourth-order valence-electron chi connectivity index (χ4n) is 2.68. The van der Waals surface area contributed by atoms with E-state index in [1.54, 1.807) is 0 Å². The average molecular weight is 495 g/mol. The van der Waals surface area contributed by atoms with E-state index in [1.807, 2.05) is 0 Å². The van der Waals surface area contributed by atoms with Crippen LogP contribution in [-0.2, 0) is 14.3 Å². The molecule has 31 heavy (non-hydrogen) atoms. The van der Waals surface area contributed by atoms with Crippen molar-refractivity contribution < 1.29 is 33.7 Å². The maximum atomic E-state index is 12.5. The molecule has 0 aromatic heterocycles. The number of benzene rings is 2. The van der Waals surface area contributed by atoms with Crippen molar-refractivity contribution >= 4 is 39.3 Å². The summed E-state index contributed by atoms with van der Waals surface area (Å²) in [4.78, 5) is 56.5. The highest BCUT2D eigenvalue weighted by Crippen LogP contribution is 2.33. The lowest BCUT2D eigenvalue weighted by atomic mass is 9.93. The number of ether oxygens (including phenoxy) is 2. The minimum Gasteiger partial charge on any atom is -0.463 e. The Labute approximate surface area is 183 Å². The van der Waals surface area contributed by atoms with Crippen LogP contribution in [0.2, 0.25) is 0 Å². The molecule has 0 saturated carbocycles. The summed E-state index contributed by atoms with van der Waals surface area (Å²) in [6.07, 6.45) is -0.536. The van der Waals surface area contributed by atoms with Crippen LogP contribution in [-0.4, -0.2) is 41.2 Å². The summed E-state index contributed by atoms with van der Waals surface area (Å²) < 4.78 is 10.2. The molecule has 0 fully saturated rings. The fourth-order valence-corrected chi connectivity index (χ4v) is 3.06. The largest absolute Gasteiger partial charge is 0.463 e. The molecule has 0 unspecified atom stereocenters. The summed E-state index contributed by atoms with van der Waals surface area (Å²) >= 11 is 3.22. The number of Topliss-reactive ketones (excluding diaryl/α,β-unsaturated/α-hetero) is 1. The molecule has 0 amide bonds. The van der Waals surface area contributed by atoms with Crippen molar-refractivity contribution in [3.05, 3.63) is 78.3 Å². The molecule has 0 N–H and O–H groups in total. The third-order valence-electron chi connectivity index (χ3n) is 4.14. The van der Waals surface area contributed by atoms with Crippen LogP contribution in [0.15, 0.2) is 46.9 Å². The Balaban J connectivity index is 2.36. The van der Waals surface area contributed by atoms with Gasteiger partial charge in [-0.1, -0.05) is 15.9 Å². The zero-order valence-corrected chi connectivity index (χ0v) is 17.6. The molecule has 11 nitrogen and oxygen atoms in total. The van der Waals surface area contributed by atoms with Crippen LogP contribution in [0.3, 0.4) is 0 Å². The molecule has 0 saturated heterocycles. The van der Waals surface area contributed by atoms with Gasteiger partial charge in [0.1, 0.15) is 5.75 Å². The second kappa shape index (κ2) is 10.4. The number of halogens is 1. The number of methoxy groups -OCH3 is 1. The van der Waals surface area contributed by atoms with E-state index in [-0.39, 0.29) is 22.6 Å². The number of nitro groups is 2. The molecule has 2 aromatic rings. The first-order valence-corrected chi connectivity index (χ1v) is 9.40. The maximum absolute atomic E-state index is 12.5. The van der Waals surface area contributed by atoms with Gasteiger partial charge in [-0.3, -0.25) is 25.0 Å². The lowest BCUT2D eigenvalue weighted by molar-refractivity contribution is -0.483. The summed E-state index contributed by atoms with van der Waals surface area (Å²) in [6.45, 7) is -0.707. The average Bonchev–Trinajstić information content (AvgIpc) is 2.73. The molecule has 0 aliphatic heterocycles. The zero-order chi connectivity index (χ0) is 23.1. The summed E-state index contributed by atoms with van der Waals surface area (Å²) in [5.41, 5.74) is -0.0530. The number of non-ortho nitro benzene ring substituents is 1. The summed E-state index contributed by atoms with van der Waals surface area (Å²) in [5, 5.41) is 21.9. The van der Waals surface area contributed by atoms with Crippen LogP contribution in [0.1, 0.15) is 28.3 Å². The van der Waals surface area contributed by atoms with Crippen molar-refractivity contribution in [1.82, 2.24) is 0 Å². The standard InChI is InChI=1S/C19H15BrN2O9/c1-30-19(25)16(23)8-12(10-21(26)27)15-9-13(20)4-7-17(15)31-18(24)11-2-5-14(6-3-11)22(28)29/h2-7,9,12H,8,10H2,1H3/t12-/m1/s1. The number of carbonyl (C=O) groups excluding carboxylic acids is 3. The molecular weight excluding hydrogens is 480 g/mol. The first kappa shape index (κ1) is 23.6. The van der Waals surface area contributed by atoms with Gasteiger partial charge < -0.3 is 9.47 Å². The molecule has 2 aromatic carbocycles. The van der Waals surface area contributed by atoms with E-state index in [9.17, 15) is 34.6 Å². The molecule has 0 aliphatic rings. The second-order valence-electron chi connectivity index (χ2n) is 6.21. The Morgan fingerprint density at radius 1 is 1.06 bits per heavy atom. The van der Waals surface area contributed by atoms with Crippen molar-refractivity contribution in [2.45, 2.75) is 12.3 Å². The maximum Gasteiger partial charge on any atom is 0.374 e. The number of esters is 2. The van der Waals surface area contributed by atoms with Crippen molar-refractivity contribution in [3.8, 4) is 5.75 Å². The predicted octanol–water partition coefficient (Wildman–Crippen LogP) is 3.07. The van der Waals surface area contributed by atoms with Crippen molar-refractivity contribution in [1.29, 1.82) is 0 Å². The van der Waals surface area contributed by atoms with Crippen molar-refractivity contribution in [3.63, 3.8) is 0 Å². The van der Waals surface area contributed by atoms with Crippen LogP contribution in [0.4, 0.5) is 5.69 Å². The lowest BCUT2D eigenvalue weighted by Crippen LogP contribution is -2.23. The number of nitro benzene ring substituents is 1. The number of nitrogens with zero attached hydrogens (tertiary/aromatic N) is 2. The monoisotopic (exact) mass is 494 g/mol. The highest BCUT2D eigenvalue weighted by atomic mass is 79.9. The van der Waals surface area contributed by atoms with Gasteiger partial charge in [0.25, 0.3) is 5.69 Å². The third-order valence-corrected chi connectivity index (χ3v) is 4.64. The molecule has 2 rings (SSSR count). The van der Waals surface area contributed by atoms with Crippen LogP contribution in [0.5, 0.6) is 5.75 Å². The van der Waals surface area contributed by atoms with Crippen molar-refractivity contribution in [2.24, 2.45) is 0 Å². The van der Waals surface area contributed by atoms with E-state index >= 15 is 0 Å². The van der Waals surface area contributed by atoms with Gasteiger partial charge in [0.2, 0.25) is 12.3 Å². The summed E-state index contributed by atoms with van der Waals surface area (Å²) in [5.74, 6) is -4.12. The highest BCUT2D eigenvalue weighted by Gasteiger charge is 2.29. The molecule has 1 atom stereocenters. The Morgan fingerprint density at radius 3 is 2.26 bits per heavy atom. The molecule has 0 heterocycles. The minimum absolute atomic E-state index is 0.0101. The molecular formula is C19H15BrN2O9. The Kier molecular flexibility index (Phi) is 7.91. The van der Waals surface area contributed by atoms with E-state index in [4.69, 9.17) is 4.74 Å². The summed E-state index contributed by atoms with van der Waals surface area (Å²) in [7, 11) is 1.01.